The van der Waals surface area contributed by atoms with Crippen LogP contribution in [0.1, 0.15) is 11.3 Å². The van der Waals surface area contributed by atoms with Crippen molar-refractivity contribution in [1.29, 1.82) is 5.26 Å². The smallest absolute Gasteiger partial charge is 0.144 e. The van der Waals surface area contributed by atoms with Crippen molar-refractivity contribution in [1.82, 2.24) is 9.88 Å². The van der Waals surface area contributed by atoms with Crippen LogP contribution in [0.4, 0.5) is 5.69 Å². The standard InChI is InChI=1S/C17H18N4/c18-13-17-15(5-4-8-19-17)14-20-9-11-21(12-10-20)16-6-2-1-3-7-16/h1-8H,9-12,14H2. The summed E-state index contributed by atoms with van der Waals surface area (Å²) in [4.78, 5) is 8.92. The quantitative estimate of drug-likeness (QED) is 0.864. The Labute approximate surface area is 125 Å². The van der Waals surface area contributed by atoms with Crippen LogP contribution in [0.3, 0.4) is 0 Å². The molecule has 0 saturated carbocycles. The van der Waals surface area contributed by atoms with E-state index in [1.54, 1.807) is 6.20 Å². The van der Waals surface area contributed by atoms with Crippen LogP contribution >= 0.6 is 0 Å². The number of hydrogen-bond donors (Lipinski definition) is 0. The normalized spacial score (nSPS) is 15.7. The predicted molar refractivity (Wildman–Crippen MR) is 82.9 cm³/mol. The van der Waals surface area contributed by atoms with Crippen LogP contribution in [0, 0.1) is 11.3 Å². The SMILES string of the molecule is N#Cc1ncccc1CN1CCN(c2ccccc2)CC1. The van der Waals surface area contributed by atoms with Gasteiger partial charge in [0.15, 0.2) is 0 Å². The summed E-state index contributed by atoms with van der Waals surface area (Å²) in [6.07, 6.45) is 1.68. The van der Waals surface area contributed by atoms with E-state index in [0.29, 0.717) is 5.69 Å². The Morgan fingerprint density at radius 3 is 2.48 bits per heavy atom. The van der Waals surface area contributed by atoms with Crippen molar-refractivity contribution < 1.29 is 0 Å². The lowest BCUT2D eigenvalue weighted by atomic mass is 10.1. The summed E-state index contributed by atoms with van der Waals surface area (Å²) in [6.45, 7) is 4.86. The van der Waals surface area contributed by atoms with E-state index in [1.165, 1.54) is 5.69 Å². The number of rotatable bonds is 3. The fourth-order valence-corrected chi connectivity index (χ4v) is 2.71. The molecule has 1 aromatic heterocycles. The van der Waals surface area contributed by atoms with Gasteiger partial charge in [-0.3, -0.25) is 4.90 Å². The summed E-state index contributed by atoms with van der Waals surface area (Å²) in [5.41, 5.74) is 2.85. The average Bonchev–Trinajstić information content (AvgIpc) is 2.57. The molecule has 1 aliphatic rings. The molecule has 1 saturated heterocycles. The zero-order valence-corrected chi connectivity index (χ0v) is 11.9. The number of pyridine rings is 1. The minimum absolute atomic E-state index is 0.544. The van der Waals surface area contributed by atoms with E-state index in [0.717, 1.165) is 38.3 Å². The minimum Gasteiger partial charge on any atom is -0.369 e. The van der Waals surface area contributed by atoms with Gasteiger partial charge in [0.05, 0.1) is 0 Å². The van der Waals surface area contributed by atoms with Crippen LogP contribution in [0.2, 0.25) is 0 Å². The molecule has 0 bridgehead atoms. The molecule has 1 aromatic carbocycles. The largest absolute Gasteiger partial charge is 0.369 e. The number of benzene rings is 1. The van der Waals surface area contributed by atoms with Crippen LogP contribution in [-0.2, 0) is 6.54 Å². The second-order valence-corrected chi connectivity index (χ2v) is 5.22. The Morgan fingerprint density at radius 2 is 1.76 bits per heavy atom. The topological polar surface area (TPSA) is 43.2 Å². The van der Waals surface area contributed by atoms with Gasteiger partial charge in [-0.25, -0.2) is 4.98 Å². The molecule has 3 rings (SSSR count). The Bertz CT molecular complexity index is 625. The molecule has 0 radical (unpaired) electrons. The molecule has 0 atom stereocenters. The molecule has 21 heavy (non-hydrogen) atoms. The van der Waals surface area contributed by atoms with Crippen molar-refractivity contribution in [3.63, 3.8) is 0 Å². The third-order valence-electron chi connectivity index (χ3n) is 3.88. The van der Waals surface area contributed by atoms with Crippen LogP contribution in [-0.4, -0.2) is 36.1 Å². The van der Waals surface area contributed by atoms with E-state index in [1.807, 2.05) is 18.2 Å². The average molecular weight is 278 g/mol. The van der Waals surface area contributed by atoms with E-state index in [4.69, 9.17) is 5.26 Å². The molecule has 1 aliphatic heterocycles. The molecule has 0 spiro atoms. The van der Waals surface area contributed by atoms with Gasteiger partial charge in [0, 0.05) is 50.2 Å². The van der Waals surface area contributed by atoms with Gasteiger partial charge >= 0.3 is 0 Å². The molecule has 4 heteroatoms. The van der Waals surface area contributed by atoms with Crippen molar-refractivity contribution >= 4 is 5.69 Å². The lowest BCUT2D eigenvalue weighted by Crippen LogP contribution is -2.46. The van der Waals surface area contributed by atoms with Gasteiger partial charge in [-0.2, -0.15) is 5.26 Å². The number of para-hydroxylation sites is 1. The number of hydrogen-bond acceptors (Lipinski definition) is 4. The van der Waals surface area contributed by atoms with Crippen LogP contribution in [0.25, 0.3) is 0 Å². The summed E-state index contributed by atoms with van der Waals surface area (Å²) in [7, 11) is 0. The third kappa shape index (κ3) is 3.21. The highest BCUT2D eigenvalue weighted by Crippen LogP contribution is 2.17. The molecule has 0 unspecified atom stereocenters. The molecular formula is C17H18N4. The second-order valence-electron chi connectivity index (χ2n) is 5.22. The van der Waals surface area contributed by atoms with Crippen LogP contribution in [0.5, 0.6) is 0 Å². The highest BCUT2D eigenvalue weighted by molar-refractivity contribution is 5.46. The van der Waals surface area contributed by atoms with Gasteiger partial charge < -0.3 is 4.90 Å². The zero-order valence-electron chi connectivity index (χ0n) is 11.9. The molecule has 0 aliphatic carbocycles. The molecule has 106 valence electrons. The first kappa shape index (κ1) is 13.6. The number of nitrogens with zero attached hydrogens (tertiary/aromatic N) is 4. The molecule has 2 aromatic rings. The summed E-state index contributed by atoms with van der Waals surface area (Å²) in [5, 5.41) is 9.10. The summed E-state index contributed by atoms with van der Waals surface area (Å²) in [5.74, 6) is 0. The van der Waals surface area contributed by atoms with Gasteiger partial charge in [-0.15, -0.1) is 0 Å². The molecular weight excluding hydrogens is 260 g/mol. The Hall–Kier alpha value is -2.38. The first-order chi connectivity index (χ1) is 10.4. The first-order valence-electron chi connectivity index (χ1n) is 7.23. The summed E-state index contributed by atoms with van der Waals surface area (Å²) in [6, 6.07) is 16.6. The molecule has 1 fully saturated rings. The van der Waals surface area contributed by atoms with Gasteiger partial charge in [-0.1, -0.05) is 24.3 Å². The molecule has 4 nitrogen and oxygen atoms in total. The van der Waals surface area contributed by atoms with Crippen molar-refractivity contribution in [2.24, 2.45) is 0 Å². The number of nitriles is 1. The lowest BCUT2D eigenvalue weighted by molar-refractivity contribution is 0.249. The van der Waals surface area contributed by atoms with Crippen LogP contribution < -0.4 is 4.90 Å². The second kappa shape index (κ2) is 6.38. The van der Waals surface area contributed by atoms with Gasteiger partial charge in [0.1, 0.15) is 11.8 Å². The third-order valence-corrected chi connectivity index (χ3v) is 3.88. The zero-order chi connectivity index (χ0) is 14.5. The maximum atomic E-state index is 9.10. The number of piperazine rings is 1. The van der Waals surface area contributed by atoms with Gasteiger partial charge in [-0.05, 0) is 18.2 Å². The number of anilines is 1. The molecule has 2 heterocycles. The van der Waals surface area contributed by atoms with Gasteiger partial charge in [0.2, 0.25) is 0 Å². The monoisotopic (exact) mass is 278 g/mol. The van der Waals surface area contributed by atoms with E-state index >= 15 is 0 Å². The maximum Gasteiger partial charge on any atom is 0.144 e. The Balaban J connectivity index is 1.60. The molecule has 0 N–H and O–H groups in total. The Morgan fingerprint density at radius 1 is 1.00 bits per heavy atom. The summed E-state index contributed by atoms with van der Waals surface area (Å²) >= 11 is 0. The van der Waals surface area contributed by atoms with Gasteiger partial charge in [0.25, 0.3) is 0 Å². The molecule has 0 amide bonds. The highest BCUT2D eigenvalue weighted by Gasteiger charge is 2.18. The van der Waals surface area contributed by atoms with Crippen molar-refractivity contribution in [3.8, 4) is 6.07 Å². The van der Waals surface area contributed by atoms with Crippen LogP contribution in [0.15, 0.2) is 48.7 Å². The van der Waals surface area contributed by atoms with Crippen molar-refractivity contribution in [3.05, 3.63) is 59.9 Å². The van der Waals surface area contributed by atoms with Crippen molar-refractivity contribution in [2.45, 2.75) is 6.54 Å². The van der Waals surface area contributed by atoms with E-state index in [-0.39, 0.29) is 0 Å². The fraction of sp³-hybridized carbons (Fsp3) is 0.294. The Kier molecular flexibility index (Phi) is 4.13. The highest BCUT2D eigenvalue weighted by atomic mass is 15.3. The summed E-state index contributed by atoms with van der Waals surface area (Å²) < 4.78 is 0. The first-order valence-corrected chi connectivity index (χ1v) is 7.23. The van der Waals surface area contributed by atoms with E-state index in [9.17, 15) is 0 Å². The number of aromatic nitrogens is 1. The van der Waals surface area contributed by atoms with Crippen molar-refractivity contribution in [2.75, 3.05) is 31.1 Å². The van der Waals surface area contributed by atoms with E-state index in [2.05, 4.69) is 45.1 Å². The van der Waals surface area contributed by atoms with E-state index < -0.39 is 0 Å². The lowest BCUT2D eigenvalue weighted by Gasteiger charge is -2.36. The minimum atomic E-state index is 0.544. The fourth-order valence-electron chi connectivity index (χ4n) is 2.71. The maximum absolute atomic E-state index is 9.10. The predicted octanol–water partition coefficient (Wildman–Crippen LogP) is 2.28.